The van der Waals surface area contributed by atoms with Crippen molar-refractivity contribution in [2.75, 3.05) is 6.54 Å². The van der Waals surface area contributed by atoms with Gasteiger partial charge in [0, 0.05) is 36.8 Å². The van der Waals surface area contributed by atoms with Gasteiger partial charge >= 0.3 is 6.18 Å². The first-order chi connectivity index (χ1) is 15.7. The van der Waals surface area contributed by atoms with Gasteiger partial charge in [-0.1, -0.05) is 38.0 Å². The van der Waals surface area contributed by atoms with Gasteiger partial charge in [-0.05, 0) is 31.4 Å². The van der Waals surface area contributed by atoms with E-state index in [1.807, 2.05) is 12.1 Å². The molecule has 0 atom stereocenters. The zero-order chi connectivity index (χ0) is 24.1. The Morgan fingerprint density at radius 2 is 2.09 bits per heavy atom. The van der Waals surface area contributed by atoms with E-state index < -0.39 is 23.3 Å². The normalized spacial score (nSPS) is 17.0. The second-order valence-electron chi connectivity index (χ2n) is 8.08. The predicted octanol–water partition coefficient (Wildman–Crippen LogP) is 4.29. The van der Waals surface area contributed by atoms with Gasteiger partial charge in [0.2, 0.25) is 0 Å². The van der Waals surface area contributed by atoms with E-state index in [-0.39, 0.29) is 23.5 Å². The molecular weight excluding hydrogens is 433 g/mol. The second kappa shape index (κ2) is 10.0. The summed E-state index contributed by atoms with van der Waals surface area (Å²) < 4.78 is 41.8. The van der Waals surface area contributed by atoms with Gasteiger partial charge in [0.15, 0.2) is 5.69 Å². The Balaban J connectivity index is 1.90. The zero-order valence-corrected chi connectivity index (χ0v) is 18.4. The average molecular weight is 461 g/mol. The Bertz CT molecular complexity index is 1050. The van der Waals surface area contributed by atoms with Crippen LogP contribution in [-0.2, 0) is 11.6 Å². The standard InChI is InChI=1S/C23H27F3N6O/c1-3-11-29-16(2)20(27)32-14-18(19(31-32)23(24,25)26)21(33)30-15-22(9-5-4-6-10-22)17-8-7-12-28-13-17/h3,7-8,11-14H,1,4-6,9-10,15,27H2,2H3,(H,30,33)/b20-16+,29-11-. The number of hydrogen-bond donors (Lipinski definition) is 2. The SMILES string of the molecule is C=C/C=N\C(C)=C(/N)n1cc(C(=O)NCC2(c3cccnc3)CCCCC2)c(C(F)(F)F)n1. The summed E-state index contributed by atoms with van der Waals surface area (Å²) in [5, 5.41) is 6.26. The minimum absolute atomic E-state index is 0.128. The van der Waals surface area contributed by atoms with Crippen LogP contribution in [0.15, 0.2) is 54.1 Å². The van der Waals surface area contributed by atoms with Crippen molar-refractivity contribution in [3.8, 4) is 0 Å². The summed E-state index contributed by atoms with van der Waals surface area (Å²) in [5.74, 6) is -0.987. The van der Waals surface area contributed by atoms with Gasteiger partial charge in [-0.3, -0.25) is 14.8 Å². The number of nitrogens with one attached hydrogen (secondary N) is 1. The molecule has 33 heavy (non-hydrogen) atoms. The van der Waals surface area contributed by atoms with Crippen molar-refractivity contribution >= 4 is 17.9 Å². The Morgan fingerprint density at radius 1 is 1.36 bits per heavy atom. The van der Waals surface area contributed by atoms with Crippen molar-refractivity contribution in [1.82, 2.24) is 20.1 Å². The molecule has 0 unspecified atom stereocenters. The molecular formula is C23H27F3N6O. The molecule has 0 radical (unpaired) electrons. The molecule has 3 N–H and O–H groups in total. The van der Waals surface area contributed by atoms with Crippen LogP contribution < -0.4 is 11.1 Å². The lowest BCUT2D eigenvalue weighted by atomic mass is 9.70. The van der Waals surface area contributed by atoms with Crippen LogP contribution in [0.5, 0.6) is 0 Å². The first kappa shape index (κ1) is 24.2. The van der Waals surface area contributed by atoms with Crippen LogP contribution in [0.1, 0.15) is 60.6 Å². The molecule has 0 aliphatic heterocycles. The quantitative estimate of drug-likeness (QED) is 0.602. The molecule has 0 saturated heterocycles. The Kier molecular flexibility index (Phi) is 7.35. The fourth-order valence-electron chi connectivity index (χ4n) is 4.09. The Hall–Kier alpha value is -3.43. The van der Waals surface area contributed by atoms with Crippen LogP contribution in [-0.4, -0.2) is 33.4 Å². The first-order valence-electron chi connectivity index (χ1n) is 10.7. The monoisotopic (exact) mass is 460 g/mol. The van der Waals surface area contributed by atoms with Crippen molar-refractivity contribution in [3.05, 3.63) is 65.9 Å². The molecule has 0 aromatic carbocycles. The van der Waals surface area contributed by atoms with E-state index in [0.717, 1.165) is 48.5 Å². The van der Waals surface area contributed by atoms with Crippen molar-refractivity contribution in [2.24, 2.45) is 10.7 Å². The smallest absolute Gasteiger partial charge is 0.382 e. The number of nitrogens with zero attached hydrogens (tertiary/aromatic N) is 4. The maximum absolute atomic E-state index is 13.7. The minimum atomic E-state index is -4.83. The summed E-state index contributed by atoms with van der Waals surface area (Å²) in [6.07, 6.45) is 7.01. The number of carbonyl (C=O) groups excluding carboxylic acids is 1. The molecule has 3 rings (SSSR count). The number of carbonyl (C=O) groups is 1. The number of allylic oxidation sites excluding steroid dienone is 2. The maximum atomic E-state index is 13.7. The summed E-state index contributed by atoms with van der Waals surface area (Å²) >= 11 is 0. The molecule has 10 heteroatoms. The third-order valence-corrected chi connectivity index (χ3v) is 5.89. The van der Waals surface area contributed by atoms with Gasteiger partial charge in [0.05, 0.1) is 11.3 Å². The zero-order valence-electron chi connectivity index (χ0n) is 18.4. The molecule has 0 bridgehead atoms. The van der Waals surface area contributed by atoms with Gasteiger partial charge in [-0.25, -0.2) is 4.68 Å². The third-order valence-electron chi connectivity index (χ3n) is 5.89. The van der Waals surface area contributed by atoms with E-state index in [1.165, 1.54) is 19.2 Å². The van der Waals surface area contributed by atoms with Gasteiger partial charge in [0.1, 0.15) is 5.82 Å². The third kappa shape index (κ3) is 5.50. The van der Waals surface area contributed by atoms with E-state index >= 15 is 0 Å². The van der Waals surface area contributed by atoms with E-state index in [1.54, 1.807) is 12.4 Å². The lowest BCUT2D eigenvalue weighted by Crippen LogP contribution is -2.42. The van der Waals surface area contributed by atoms with Crippen molar-refractivity contribution < 1.29 is 18.0 Å². The molecule has 1 aliphatic rings. The molecule has 1 aliphatic carbocycles. The molecule has 2 aromatic rings. The second-order valence-corrected chi connectivity index (χ2v) is 8.08. The molecule has 2 aromatic heterocycles. The summed E-state index contributed by atoms with van der Waals surface area (Å²) in [4.78, 5) is 21.1. The average Bonchev–Trinajstić information content (AvgIpc) is 3.28. The van der Waals surface area contributed by atoms with Crippen LogP contribution in [0.25, 0.3) is 5.82 Å². The molecule has 176 valence electrons. The van der Waals surface area contributed by atoms with E-state index in [9.17, 15) is 18.0 Å². The van der Waals surface area contributed by atoms with Crippen LogP contribution in [0.4, 0.5) is 13.2 Å². The number of hydrogen-bond acceptors (Lipinski definition) is 5. The van der Waals surface area contributed by atoms with Crippen molar-refractivity contribution in [1.29, 1.82) is 0 Å². The largest absolute Gasteiger partial charge is 0.435 e. The predicted molar refractivity (Wildman–Crippen MR) is 120 cm³/mol. The summed E-state index contributed by atoms with van der Waals surface area (Å²) in [7, 11) is 0. The summed E-state index contributed by atoms with van der Waals surface area (Å²) in [6.45, 7) is 5.21. The lowest BCUT2D eigenvalue weighted by molar-refractivity contribution is -0.141. The van der Waals surface area contributed by atoms with E-state index in [0.29, 0.717) is 0 Å². The number of aliphatic imine (C=N–C) groups is 1. The van der Waals surface area contributed by atoms with Crippen LogP contribution in [0.2, 0.25) is 0 Å². The highest BCUT2D eigenvalue weighted by Crippen LogP contribution is 2.39. The highest BCUT2D eigenvalue weighted by atomic mass is 19.4. The highest BCUT2D eigenvalue weighted by molar-refractivity contribution is 5.95. The number of amides is 1. The number of halogens is 3. The maximum Gasteiger partial charge on any atom is 0.435 e. The number of aromatic nitrogens is 3. The molecule has 2 heterocycles. The number of rotatable bonds is 7. The van der Waals surface area contributed by atoms with Crippen LogP contribution >= 0.6 is 0 Å². The van der Waals surface area contributed by atoms with Gasteiger partial charge in [-0.2, -0.15) is 18.3 Å². The Labute approximate surface area is 190 Å². The topological polar surface area (TPSA) is 98.2 Å². The van der Waals surface area contributed by atoms with E-state index in [2.05, 4.69) is 27.0 Å². The minimum Gasteiger partial charge on any atom is -0.382 e. The van der Waals surface area contributed by atoms with Gasteiger partial charge in [0.25, 0.3) is 5.91 Å². The molecule has 1 amide bonds. The van der Waals surface area contributed by atoms with Crippen molar-refractivity contribution in [3.63, 3.8) is 0 Å². The lowest BCUT2D eigenvalue weighted by Gasteiger charge is -2.37. The molecule has 7 nitrogen and oxygen atoms in total. The van der Waals surface area contributed by atoms with Crippen LogP contribution in [0.3, 0.4) is 0 Å². The number of alkyl halides is 3. The fraction of sp³-hybridized carbons (Fsp3) is 0.391. The van der Waals surface area contributed by atoms with Crippen LogP contribution in [0, 0.1) is 0 Å². The first-order valence-corrected chi connectivity index (χ1v) is 10.7. The summed E-state index contributed by atoms with van der Waals surface area (Å²) in [5.41, 5.74) is 4.86. The number of pyridine rings is 1. The molecule has 1 fully saturated rings. The molecule has 0 spiro atoms. The van der Waals surface area contributed by atoms with Gasteiger partial charge in [-0.15, -0.1) is 0 Å². The van der Waals surface area contributed by atoms with Crippen molar-refractivity contribution in [2.45, 2.75) is 50.6 Å². The molecule has 1 saturated carbocycles. The number of nitrogens with two attached hydrogens (primary N) is 1. The highest BCUT2D eigenvalue weighted by Gasteiger charge is 2.40. The van der Waals surface area contributed by atoms with Gasteiger partial charge < -0.3 is 11.1 Å². The van der Waals surface area contributed by atoms with E-state index in [4.69, 9.17) is 5.73 Å². The Morgan fingerprint density at radius 3 is 2.70 bits per heavy atom. The fourth-order valence-corrected chi connectivity index (χ4v) is 4.09. The summed E-state index contributed by atoms with van der Waals surface area (Å²) in [6, 6.07) is 3.77.